The number of pyridine rings is 1. The smallest absolute Gasteiger partial charge is 0.251 e. The van der Waals surface area contributed by atoms with E-state index in [0.29, 0.717) is 30.2 Å². The lowest BCUT2D eigenvalue weighted by Crippen LogP contribution is -2.29. The molecule has 0 aliphatic heterocycles. The molecule has 8 nitrogen and oxygen atoms in total. The van der Waals surface area contributed by atoms with Gasteiger partial charge in [0.1, 0.15) is 6.33 Å². The van der Waals surface area contributed by atoms with Crippen LogP contribution in [0.25, 0.3) is 11.3 Å². The third kappa shape index (κ3) is 4.48. The highest BCUT2D eigenvalue weighted by atomic mass is 16.5. The number of carbonyl (C=O) groups is 1. The zero-order valence-corrected chi connectivity index (χ0v) is 15.2. The van der Waals surface area contributed by atoms with Crippen LogP contribution in [0.15, 0.2) is 53.6 Å². The predicted molar refractivity (Wildman–Crippen MR) is 100 cm³/mol. The minimum atomic E-state index is -0.304. The van der Waals surface area contributed by atoms with Crippen molar-refractivity contribution in [3.63, 3.8) is 0 Å². The second-order valence-electron chi connectivity index (χ2n) is 6.08. The topological polar surface area (TPSA) is 102 Å². The molecule has 1 amide bonds. The molecule has 8 heteroatoms. The second kappa shape index (κ2) is 8.41. The quantitative estimate of drug-likeness (QED) is 0.663. The highest BCUT2D eigenvalue weighted by Crippen LogP contribution is 2.17. The van der Waals surface area contributed by atoms with Crippen molar-refractivity contribution in [3.05, 3.63) is 70.5 Å². The molecule has 3 rings (SSSR count). The van der Waals surface area contributed by atoms with Gasteiger partial charge in [0.2, 0.25) is 5.56 Å². The maximum Gasteiger partial charge on any atom is 0.251 e. The Morgan fingerprint density at radius 1 is 1.26 bits per heavy atom. The predicted octanol–water partition coefficient (Wildman–Crippen LogP) is 1.77. The van der Waals surface area contributed by atoms with Gasteiger partial charge in [-0.3, -0.25) is 9.59 Å². The monoisotopic (exact) mass is 367 g/mol. The van der Waals surface area contributed by atoms with Crippen LogP contribution in [0.3, 0.4) is 0 Å². The number of aromatic nitrogens is 4. The summed E-state index contributed by atoms with van der Waals surface area (Å²) >= 11 is 0. The second-order valence-corrected chi connectivity index (χ2v) is 6.08. The number of nitrogens with one attached hydrogen (secondary N) is 2. The van der Waals surface area contributed by atoms with E-state index in [-0.39, 0.29) is 17.5 Å². The molecule has 0 fully saturated rings. The van der Waals surface area contributed by atoms with Gasteiger partial charge in [-0.15, -0.1) is 10.2 Å². The van der Waals surface area contributed by atoms with Crippen molar-refractivity contribution in [1.82, 2.24) is 25.1 Å². The fraction of sp³-hybridized carbons (Fsp3) is 0.263. The number of benzene rings is 1. The van der Waals surface area contributed by atoms with Gasteiger partial charge in [-0.2, -0.15) is 0 Å². The first kappa shape index (κ1) is 18.5. The molecule has 0 saturated carbocycles. The third-order valence-corrected chi connectivity index (χ3v) is 4.14. The van der Waals surface area contributed by atoms with Crippen molar-refractivity contribution >= 4 is 5.91 Å². The Labute approximate surface area is 156 Å². The van der Waals surface area contributed by atoms with Crippen LogP contribution in [0, 0.1) is 0 Å². The molecule has 1 atom stereocenters. The summed E-state index contributed by atoms with van der Waals surface area (Å²) < 4.78 is 6.92. The summed E-state index contributed by atoms with van der Waals surface area (Å²) in [6.45, 7) is 3.01. The van der Waals surface area contributed by atoms with E-state index in [2.05, 4.69) is 20.5 Å². The normalized spacial score (nSPS) is 11.9. The van der Waals surface area contributed by atoms with Crippen LogP contribution in [0.5, 0.6) is 0 Å². The first-order valence-electron chi connectivity index (χ1n) is 8.56. The number of nitrogens with zero attached hydrogens (tertiary/aromatic N) is 3. The summed E-state index contributed by atoms with van der Waals surface area (Å²) in [5.41, 5.74) is 1.89. The lowest BCUT2D eigenvalue weighted by molar-refractivity contribution is 0.0937. The molecule has 0 bridgehead atoms. The van der Waals surface area contributed by atoms with Crippen molar-refractivity contribution in [3.8, 4) is 11.3 Å². The van der Waals surface area contributed by atoms with E-state index in [1.165, 1.54) is 6.07 Å². The van der Waals surface area contributed by atoms with E-state index < -0.39 is 0 Å². The van der Waals surface area contributed by atoms with Gasteiger partial charge in [-0.25, -0.2) is 0 Å². The average molecular weight is 367 g/mol. The standard InChI is InChI=1S/C19H21N5O3/c1-13(18-23-20-12-24(18)10-11-27-2)21-19(26)15-8-6-14(7-9-15)16-4-3-5-17(25)22-16/h3-9,12-13H,10-11H2,1-2H3,(H,21,26)(H,22,25). The van der Waals surface area contributed by atoms with Gasteiger partial charge in [0.05, 0.1) is 12.6 Å². The molecule has 1 unspecified atom stereocenters. The Morgan fingerprint density at radius 2 is 2.04 bits per heavy atom. The van der Waals surface area contributed by atoms with Gasteiger partial charge in [-0.1, -0.05) is 18.2 Å². The molecule has 1 aromatic carbocycles. The van der Waals surface area contributed by atoms with E-state index in [0.717, 1.165) is 5.56 Å². The number of H-pyrrole nitrogens is 1. The zero-order valence-electron chi connectivity index (χ0n) is 15.2. The molecule has 2 N–H and O–H groups in total. The number of carbonyl (C=O) groups excluding carboxylic acids is 1. The third-order valence-electron chi connectivity index (χ3n) is 4.14. The molecule has 0 radical (unpaired) electrons. The van der Waals surface area contributed by atoms with Gasteiger partial charge >= 0.3 is 0 Å². The largest absolute Gasteiger partial charge is 0.383 e. The summed E-state index contributed by atoms with van der Waals surface area (Å²) in [5, 5.41) is 10.9. The number of ether oxygens (including phenoxy) is 1. The first-order valence-corrected chi connectivity index (χ1v) is 8.56. The minimum Gasteiger partial charge on any atom is -0.383 e. The van der Waals surface area contributed by atoms with Gasteiger partial charge in [-0.05, 0) is 30.7 Å². The van der Waals surface area contributed by atoms with Gasteiger partial charge < -0.3 is 19.6 Å². The number of hydrogen-bond acceptors (Lipinski definition) is 5. The summed E-state index contributed by atoms with van der Waals surface area (Å²) in [4.78, 5) is 26.7. The van der Waals surface area contributed by atoms with Crippen molar-refractivity contribution in [1.29, 1.82) is 0 Å². The Balaban J connectivity index is 1.69. The van der Waals surface area contributed by atoms with E-state index in [1.54, 1.807) is 43.8 Å². The molecule has 140 valence electrons. The zero-order chi connectivity index (χ0) is 19.2. The molecular weight excluding hydrogens is 346 g/mol. The Kier molecular flexibility index (Phi) is 5.77. The molecule has 0 spiro atoms. The fourth-order valence-corrected chi connectivity index (χ4v) is 2.72. The maximum absolute atomic E-state index is 12.5. The molecule has 3 aromatic rings. The van der Waals surface area contributed by atoms with E-state index in [9.17, 15) is 9.59 Å². The van der Waals surface area contributed by atoms with Gasteiger partial charge in [0.15, 0.2) is 5.82 Å². The summed E-state index contributed by atoms with van der Waals surface area (Å²) in [7, 11) is 1.63. The van der Waals surface area contributed by atoms with Crippen LogP contribution >= 0.6 is 0 Å². The molecule has 0 aliphatic rings. The highest BCUT2D eigenvalue weighted by Gasteiger charge is 2.16. The van der Waals surface area contributed by atoms with Crippen molar-refractivity contribution in [2.24, 2.45) is 0 Å². The molecule has 2 heterocycles. The Morgan fingerprint density at radius 3 is 2.74 bits per heavy atom. The number of amides is 1. The lowest BCUT2D eigenvalue weighted by Gasteiger charge is -2.15. The van der Waals surface area contributed by atoms with Crippen molar-refractivity contribution in [2.75, 3.05) is 13.7 Å². The van der Waals surface area contributed by atoms with Crippen molar-refractivity contribution in [2.45, 2.75) is 19.5 Å². The Hall–Kier alpha value is -3.26. The molecule has 0 saturated heterocycles. The van der Waals surface area contributed by atoms with Crippen LogP contribution < -0.4 is 10.9 Å². The average Bonchev–Trinajstić information content (AvgIpc) is 3.15. The fourth-order valence-electron chi connectivity index (χ4n) is 2.72. The minimum absolute atomic E-state index is 0.166. The molecule has 2 aromatic heterocycles. The van der Waals surface area contributed by atoms with Crippen LogP contribution in [0.2, 0.25) is 0 Å². The van der Waals surface area contributed by atoms with Gasteiger partial charge in [0.25, 0.3) is 5.91 Å². The molecule has 27 heavy (non-hydrogen) atoms. The summed E-state index contributed by atoms with van der Waals surface area (Å²) in [6, 6.07) is 11.7. The molecular formula is C19H21N5O3. The van der Waals surface area contributed by atoms with Crippen LogP contribution in [0.4, 0.5) is 0 Å². The van der Waals surface area contributed by atoms with E-state index in [1.807, 2.05) is 17.6 Å². The number of rotatable bonds is 7. The number of aromatic amines is 1. The van der Waals surface area contributed by atoms with E-state index >= 15 is 0 Å². The van der Waals surface area contributed by atoms with Crippen LogP contribution in [0.1, 0.15) is 29.1 Å². The summed E-state index contributed by atoms with van der Waals surface area (Å²) in [6.07, 6.45) is 1.62. The number of methoxy groups -OCH3 is 1. The summed E-state index contributed by atoms with van der Waals surface area (Å²) in [5.74, 6) is 0.454. The lowest BCUT2D eigenvalue weighted by atomic mass is 10.1. The first-order chi connectivity index (χ1) is 13.1. The van der Waals surface area contributed by atoms with Crippen LogP contribution in [-0.2, 0) is 11.3 Å². The molecule has 0 aliphatic carbocycles. The van der Waals surface area contributed by atoms with Gasteiger partial charge in [0, 0.05) is 31.0 Å². The SMILES string of the molecule is COCCn1cnnc1C(C)NC(=O)c1ccc(-c2cccc(=O)[nH]2)cc1. The van der Waals surface area contributed by atoms with Crippen LogP contribution in [-0.4, -0.2) is 39.4 Å². The Bertz CT molecular complexity index is 962. The highest BCUT2D eigenvalue weighted by molar-refractivity contribution is 5.94. The van der Waals surface area contributed by atoms with Crippen molar-refractivity contribution < 1.29 is 9.53 Å². The number of hydrogen-bond donors (Lipinski definition) is 2. The maximum atomic E-state index is 12.5. The van der Waals surface area contributed by atoms with E-state index in [4.69, 9.17) is 4.74 Å².